The zero-order valence-electron chi connectivity index (χ0n) is 15.0. The molecule has 0 aromatic carbocycles. The van der Waals surface area contributed by atoms with Crippen molar-refractivity contribution in [3.8, 4) is 0 Å². The van der Waals surface area contributed by atoms with Crippen LogP contribution < -0.4 is 21.3 Å². The monoisotopic (exact) mass is 372 g/mol. The highest BCUT2D eigenvalue weighted by Gasteiger charge is 2.42. The molecule has 142 valence electrons. The van der Waals surface area contributed by atoms with Gasteiger partial charge in [-0.05, 0) is 33.6 Å². The van der Waals surface area contributed by atoms with Crippen molar-refractivity contribution in [3.05, 3.63) is 0 Å². The van der Waals surface area contributed by atoms with Crippen molar-refractivity contribution < 1.29 is 19.1 Å². The fraction of sp³-hybridized carbons (Fsp3) is 0.812. The highest BCUT2D eigenvalue weighted by molar-refractivity contribution is 8.00. The van der Waals surface area contributed by atoms with Gasteiger partial charge in [0.1, 0.15) is 5.60 Å². The van der Waals surface area contributed by atoms with Crippen LogP contribution in [0.3, 0.4) is 0 Å². The summed E-state index contributed by atoms with van der Waals surface area (Å²) in [6.45, 7) is 6.10. The molecular weight excluding hydrogens is 344 g/mol. The molecule has 2 saturated heterocycles. The molecule has 2 aliphatic heterocycles. The summed E-state index contributed by atoms with van der Waals surface area (Å²) in [4.78, 5) is 34.6. The second-order valence-corrected chi connectivity index (χ2v) is 8.56. The van der Waals surface area contributed by atoms with Crippen LogP contribution in [0, 0.1) is 0 Å². The first-order valence-corrected chi connectivity index (χ1v) is 9.71. The molecule has 3 atom stereocenters. The Morgan fingerprint density at radius 3 is 2.68 bits per heavy atom. The first-order valence-electron chi connectivity index (χ1n) is 8.67. The van der Waals surface area contributed by atoms with Crippen molar-refractivity contribution in [1.82, 2.24) is 21.3 Å². The fourth-order valence-electron chi connectivity index (χ4n) is 2.88. The van der Waals surface area contributed by atoms with E-state index >= 15 is 0 Å². The lowest BCUT2D eigenvalue weighted by molar-refractivity contribution is -0.121. The maximum Gasteiger partial charge on any atom is 0.407 e. The number of alkyl carbamates (subject to hydrolysis) is 1. The minimum atomic E-state index is -0.529. The molecule has 2 rings (SSSR count). The van der Waals surface area contributed by atoms with Gasteiger partial charge in [-0.2, -0.15) is 11.8 Å². The second-order valence-electron chi connectivity index (χ2n) is 7.29. The Bertz CT molecular complexity index is 509. The van der Waals surface area contributed by atoms with E-state index in [1.54, 1.807) is 20.8 Å². The van der Waals surface area contributed by atoms with E-state index in [1.807, 2.05) is 11.8 Å². The molecule has 0 radical (unpaired) electrons. The van der Waals surface area contributed by atoms with E-state index in [0.717, 1.165) is 18.6 Å². The quantitative estimate of drug-likeness (QED) is 0.393. The van der Waals surface area contributed by atoms with Crippen LogP contribution in [0.4, 0.5) is 9.59 Å². The van der Waals surface area contributed by atoms with Gasteiger partial charge in [0.2, 0.25) is 5.91 Å². The summed E-state index contributed by atoms with van der Waals surface area (Å²) in [5, 5.41) is 11.6. The zero-order valence-corrected chi connectivity index (χ0v) is 15.8. The van der Waals surface area contributed by atoms with Crippen LogP contribution in [-0.4, -0.2) is 59.8 Å². The molecule has 0 bridgehead atoms. The molecule has 2 aliphatic rings. The number of nitrogens with one attached hydrogen (secondary N) is 4. The van der Waals surface area contributed by atoms with E-state index in [-0.39, 0.29) is 24.0 Å². The normalized spacial score (nSPS) is 24.9. The SMILES string of the molecule is CC(C)(C)OC(=O)NCCNC(=O)CCC[C@H]1SC[C@H]2NC(=O)N[C@H]21. The molecule has 0 saturated carbocycles. The molecule has 2 heterocycles. The molecule has 4 amide bonds. The lowest BCUT2D eigenvalue weighted by Crippen LogP contribution is -2.38. The predicted molar refractivity (Wildman–Crippen MR) is 96.6 cm³/mol. The van der Waals surface area contributed by atoms with E-state index in [0.29, 0.717) is 24.8 Å². The lowest BCUT2D eigenvalue weighted by Gasteiger charge is -2.19. The minimum absolute atomic E-state index is 0.0286. The molecule has 0 aromatic heterocycles. The highest BCUT2D eigenvalue weighted by atomic mass is 32.2. The Kier molecular flexibility index (Phi) is 6.80. The van der Waals surface area contributed by atoms with Gasteiger partial charge in [-0.1, -0.05) is 0 Å². The number of amides is 4. The molecule has 0 spiro atoms. The van der Waals surface area contributed by atoms with Gasteiger partial charge in [-0.15, -0.1) is 0 Å². The van der Waals surface area contributed by atoms with Gasteiger partial charge in [0.05, 0.1) is 12.1 Å². The maximum atomic E-state index is 11.8. The summed E-state index contributed by atoms with van der Waals surface area (Å²) in [6, 6.07) is 0.310. The van der Waals surface area contributed by atoms with Crippen LogP contribution in [0.25, 0.3) is 0 Å². The van der Waals surface area contributed by atoms with Gasteiger partial charge < -0.3 is 26.0 Å². The van der Waals surface area contributed by atoms with Crippen LogP contribution >= 0.6 is 11.8 Å². The zero-order chi connectivity index (χ0) is 18.4. The Morgan fingerprint density at radius 2 is 1.96 bits per heavy atom. The van der Waals surface area contributed by atoms with E-state index in [9.17, 15) is 14.4 Å². The number of fused-ring (bicyclic) bond motifs is 1. The highest BCUT2D eigenvalue weighted by Crippen LogP contribution is 2.32. The number of rotatable bonds is 7. The van der Waals surface area contributed by atoms with E-state index in [2.05, 4.69) is 21.3 Å². The number of urea groups is 1. The Morgan fingerprint density at radius 1 is 1.24 bits per heavy atom. The van der Waals surface area contributed by atoms with Crippen molar-refractivity contribution in [2.45, 2.75) is 63.0 Å². The molecule has 25 heavy (non-hydrogen) atoms. The van der Waals surface area contributed by atoms with Crippen LogP contribution in [0.5, 0.6) is 0 Å². The van der Waals surface area contributed by atoms with Crippen LogP contribution in [-0.2, 0) is 9.53 Å². The van der Waals surface area contributed by atoms with E-state index in [1.165, 1.54) is 0 Å². The van der Waals surface area contributed by atoms with Gasteiger partial charge in [-0.3, -0.25) is 4.79 Å². The standard InChI is InChI=1S/C16H28N4O4S/c1-16(2,3)24-15(23)18-8-7-17-12(21)6-4-5-11-13-10(9-25-11)19-14(22)20-13/h10-11,13H,4-9H2,1-3H3,(H,17,21)(H,18,23)(H2,19,20,22)/t10-,11-,13-/m1/s1. The lowest BCUT2D eigenvalue weighted by atomic mass is 10.0. The minimum Gasteiger partial charge on any atom is -0.444 e. The van der Waals surface area contributed by atoms with Gasteiger partial charge in [0.25, 0.3) is 0 Å². The molecular formula is C16H28N4O4S. The van der Waals surface area contributed by atoms with E-state index < -0.39 is 11.7 Å². The summed E-state index contributed by atoms with van der Waals surface area (Å²) in [6.07, 6.45) is 1.64. The smallest absolute Gasteiger partial charge is 0.407 e. The third-order valence-corrected chi connectivity index (χ3v) is 5.45. The molecule has 0 aliphatic carbocycles. The van der Waals surface area contributed by atoms with Crippen molar-refractivity contribution in [3.63, 3.8) is 0 Å². The summed E-state index contributed by atoms with van der Waals surface area (Å²) in [5.41, 5.74) is -0.529. The van der Waals surface area contributed by atoms with Gasteiger partial charge in [0.15, 0.2) is 0 Å². The van der Waals surface area contributed by atoms with Crippen molar-refractivity contribution in [1.29, 1.82) is 0 Å². The van der Waals surface area contributed by atoms with Gasteiger partial charge >= 0.3 is 12.1 Å². The first kappa shape index (κ1) is 19.7. The third-order valence-electron chi connectivity index (χ3n) is 3.95. The fourth-order valence-corrected chi connectivity index (χ4v) is 4.42. The Labute approximate surface area is 152 Å². The second kappa shape index (κ2) is 8.64. The summed E-state index contributed by atoms with van der Waals surface area (Å²) >= 11 is 1.85. The van der Waals surface area contributed by atoms with Crippen LogP contribution in [0.1, 0.15) is 40.0 Å². The molecule has 0 unspecified atom stereocenters. The molecule has 2 fully saturated rings. The average molecular weight is 372 g/mol. The maximum absolute atomic E-state index is 11.8. The number of carbonyl (C=O) groups excluding carboxylic acids is 3. The number of ether oxygens (including phenoxy) is 1. The Hall–Kier alpha value is -1.64. The van der Waals surface area contributed by atoms with Gasteiger partial charge in [-0.25, -0.2) is 9.59 Å². The first-order chi connectivity index (χ1) is 11.7. The summed E-state index contributed by atoms with van der Waals surface area (Å²) in [5.74, 6) is 0.899. The summed E-state index contributed by atoms with van der Waals surface area (Å²) < 4.78 is 5.11. The van der Waals surface area contributed by atoms with Crippen molar-refractivity contribution in [2.24, 2.45) is 0 Å². The number of thioether (sulfide) groups is 1. The third kappa shape index (κ3) is 6.64. The molecule has 4 N–H and O–H groups in total. The largest absolute Gasteiger partial charge is 0.444 e. The predicted octanol–water partition coefficient (Wildman–Crippen LogP) is 0.963. The number of hydrogen-bond acceptors (Lipinski definition) is 5. The Balaban J connectivity index is 1.52. The van der Waals surface area contributed by atoms with E-state index in [4.69, 9.17) is 4.74 Å². The van der Waals surface area contributed by atoms with Crippen LogP contribution in [0.15, 0.2) is 0 Å². The number of hydrogen-bond donors (Lipinski definition) is 4. The summed E-state index contributed by atoms with van der Waals surface area (Å²) in [7, 11) is 0. The van der Waals surface area contributed by atoms with Crippen molar-refractivity contribution in [2.75, 3.05) is 18.8 Å². The van der Waals surface area contributed by atoms with Crippen molar-refractivity contribution >= 4 is 29.8 Å². The number of carbonyl (C=O) groups is 3. The van der Waals surface area contributed by atoms with Crippen LogP contribution in [0.2, 0.25) is 0 Å². The molecule has 8 nitrogen and oxygen atoms in total. The molecule has 9 heteroatoms. The molecule has 0 aromatic rings. The van der Waals surface area contributed by atoms with Gasteiger partial charge in [0, 0.05) is 30.5 Å². The topological polar surface area (TPSA) is 109 Å². The average Bonchev–Trinajstić information content (AvgIpc) is 3.02.